The number of nitrogens with one attached hydrogen (secondary N) is 1. The minimum atomic E-state index is -1.26. The van der Waals surface area contributed by atoms with Gasteiger partial charge in [0.05, 0.1) is 18.8 Å². The zero-order chi connectivity index (χ0) is 24.5. The van der Waals surface area contributed by atoms with Crippen LogP contribution in [0.1, 0.15) is 16.7 Å². The molecule has 182 valence electrons. The first-order valence-corrected chi connectivity index (χ1v) is 11.4. The minimum absolute atomic E-state index is 0.558. The molecule has 0 bridgehead atoms. The van der Waals surface area contributed by atoms with Gasteiger partial charge in [0.15, 0.2) is 0 Å². The predicted molar refractivity (Wildman–Crippen MR) is 131 cm³/mol. The van der Waals surface area contributed by atoms with Crippen LogP contribution in [-0.2, 0) is 27.2 Å². The van der Waals surface area contributed by atoms with Gasteiger partial charge in [0.25, 0.3) is 0 Å². The lowest BCUT2D eigenvalue weighted by molar-refractivity contribution is -0.134. The fourth-order valence-electron chi connectivity index (χ4n) is 4.29. The Morgan fingerprint density at radius 2 is 1.88 bits per heavy atom. The zero-order valence-corrected chi connectivity index (χ0v) is 19.7. The van der Waals surface area contributed by atoms with Crippen molar-refractivity contribution in [2.75, 3.05) is 51.4 Å². The molecule has 2 aliphatic heterocycles. The average molecular weight is 469 g/mol. The molecule has 2 aliphatic rings. The summed E-state index contributed by atoms with van der Waals surface area (Å²) >= 11 is 0. The Bertz CT molecular complexity index is 1030. The number of hydrogen-bond acceptors (Lipinski definition) is 6. The number of carboxylic acid groups (broad SMARTS) is 2. The third kappa shape index (κ3) is 6.59. The van der Waals surface area contributed by atoms with Gasteiger partial charge in [0.2, 0.25) is 0 Å². The molecule has 0 aliphatic carbocycles. The highest BCUT2D eigenvalue weighted by molar-refractivity contribution is 5.89. The van der Waals surface area contributed by atoms with E-state index in [1.807, 2.05) is 0 Å². The number of rotatable bonds is 6. The van der Waals surface area contributed by atoms with Gasteiger partial charge in [0.1, 0.15) is 12.4 Å². The van der Waals surface area contributed by atoms with Crippen LogP contribution in [0.2, 0.25) is 0 Å². The van der Waals surface area contributed by atoms with Crippen LogP contribution >= 0.6 is 0 Å². The number of methoxy groups -OCH3 is 1. The largest absolute Gasteiger partial charge is 0.490 e. The SMILES string of the molecule is COCCN1CCOc2cc3c(c(-c4cccc(C)c4)c21)CCNCC3.O=C(O)/C=C/C(=O)O. The van der Waals surface area contributed by atoms with Gasteiger partial charge < -0.3 is 29.9 Å². The molecule has 0 radical (unpaired) electrons. The highest BCUT2D eigenvalue weighted by atomic mass is 16.5. The summed E-state index contributed by atoms with van der Waals surface area (Å²) in [4.78, 5) is 21.6. The number of aryl methyl sites for hydroxylation is 1. The van der Waals surface area contributed by atoms with E-state index < -0.39 is 11.9 Å². The molecule has 0 amide bonds. The molecule has 34 heavy (non-hydrogen) atoms. The Kier molecular flexibility index (Phi) is 9.07. The second kappa shape index (κ2) is 12.2. The molecule has 0 aromatic heterocycles. The van der Waals surface area contributed by atoms with Crippen molar-refractivity contribution in [1.82, 2.24) is 5.32 Å². The summed E-state index contributed by atoms with van der Waals surface area (Å²) in [7, 11) is 1.77. The quantitative estimate of drug-likeness (QED) is 0.556. The van der Waals surface area contributed by atoms with Crippen LogP contribution in [0.3, 0.4) is 0 Å². The molecular weight excluding hydrogens is 436 g/mol. The number of nitrogens with zero attached hydrogens (tertiary/aromatic N) is 1. The number of aliphatic carboxylic acids is 2. The van der Waals surface area contributed by atoms with Gasteiger partial charge in [0, 0.05) is 31.4 Å². The van der Waals surface area contributed by atoms with E-state index in [9.17, 15) is 9.59 Å². The normalized spacial score (nSPS) is 14.8. The standard InChI is InChI=1S/C22H28N2O2.C4H4O4/c1-16-4-3-5-18(14-16)21-19-7-9-23-8-6-17(19)15-20-22(21)24(10-12-25-2)11-13-26-20;5-3(6)1-2-4(7)8/h3-5,14-15,23H,6-13H2,1-2H3;1-2H,(H,5,6)(H,7,8)/b;2-1+. The molecule has 0 unspecified atom stereocenters. The Morgan fingerprint density at radius 3 is 2.56 bits per heavy atom. The van der Waals surface area contributed by atoms with E-state index in [1.54, 1.807) is 7.11 Å². The lowest BCUT2D eigenvalue weighted by atomic mass is 9.89. The third-order valence-electron chi connectivity index (χ3n) is 5.76. The van der Waals surface area contributed by atoms with Crippen molar-refractivity contribution in [3.8, 4) is 16.9 Å². The maximum atomic E-state index is 9.55. The first kappa shape index (κ1) is 25.3. The predicted octanol–water partition coefficient (Wildman–Crippen LogP) is 2.91. The Balaban J connectivity index is 0.000000350. The third-order valence-corrected chi connectivity index (χ3v) is 5.76. The lowest BCUT2D eigenvalue weighted by Crippen LogP contribution is -2.36. The van der Waals surface area contributed by atoms with Crippen molar-refractivity contribution in [2.24, 2.45) is 0 Å². The summed E-state index contributed by atoms with van der Waals surface area (Å²) in [5.74, 6) is -1.48. The van der Waals surface area contributed by atoms with Crippen LogP contribution < -0.4 is 15.0 Å². The van der Waals surface area contributed by atoms with Crippen molar-refractivity contribution in [1.29, 1.82) is 0 Å². The van der Waals surface area contributed by atoms with E-state index in [0.29, 0.717) is 12.2 Å². The van der Waals surface area contributed by atoms with Crippen LogP contribution in [0.5, 0.6) is 5.75 Å². The van der Waals surface area contributed by atoms with Crippen molar-refractivity contribution in [2.45, 2.75) is 19.8 Å². The van der Waals surface area contributed by atoms with E-state index in [-0.39, 0.29) is 0 Å². The molecule has 0 atom stereocenters. The summed E-state index contributed by atoms with van der Waals surface area (Å²) in [6.07, 6.45) is 3.23. The fourth-order valence-corrected chi connectivity index (χ4v) is 4.29. The number of hydrogen-bond donors (Lipinski definition) is 3. The van der Waals surface area contributed by atoms with Crippen molar-refractivity contribution in [3.63, 3.8) is 0 Å². The van der Waals surface area contributed by atoms with E-state index in [0.717, 1.165) is 58.0 Å². The van der Waals surface area contributed by atoms with Gasteiger partial charge in [-0.2, -0.15) is 0 Å². The fraction of sp³-hybridized carbons (Fsp3) is 0.385. The molecule has 3 N–H and O–H groups in total. The number of ether oxygens (including phenoxy) is 2. The zero-order valence-electron chi connectivity index (χ0n) is 19.7. The van der Waals surface area contributed by atoms with Gasteiger partial charge in [-0.1, -0.05) is 29.8 Å². The maximum absolute atomic E-state index is 9.55. The summed E-state index contributed by atoms with van der Waals surface area (Å²) in [5, 5.41) is 19.2. The molecule has 0 spiro atoms. The van der Waals surface area contributed by atoms with E-state index in [4.69, 9.17) is 19.7 Å². The summed E-state index contributed by atoms with van der Waals surface area (Å²) in [6, 6.07) is 11.2. The van der Waals surface area contributed by atoms with Crippen LogP contribution in [0, 0.1) is 6.92 Å². The molecule has 2 aromatic rings. The lowest BCUT2D eigenvalue weighted by Gasteiger charge is -2.35. The molecule has 8 heteroatoms. The molecule has 2 aromatic carbocycles. The van der Waals surface area contributed by atoms with Crippen LogP contribution in [-0.4, -0.2) is 68.7 Å². The van der Waals surface area contributed by atoms with Gasteiger partial charge in [-0.05, 0) is 55.6 Å². The maximum Gasteiger partial charge on any atom is 0.328 e. The second-order valence-corrected chi connectivity index (χ2v) is 8.19. The number of anilines is 1. The first-order chi connectivity index (χ1) is 16.4. The first-order valence-electron chi connectivity index (χ1n) is 11.4. The summed E-state index contributed by atoms with van der Waals surface area (Å²) in [6.45, 7) is 7.50. The van der Waals surface area contributed by atoms with Gasteiger partial charge in [-0.25, -0.2) is 9.59 Å². The Labute approximate surface area is 199 Å². The summed E-state index contributed by atoms with van der Waals surface area (Å²) < 4.78 is 11.5. The van der Waals surface area contributed by atoms with Crippen LogP contribution in [0.15, 0.2) is 42.5 Å². The van der Waals surface area contributed by atoms with E-state index >= 15 is 0 Å². The number of benzene rings is 2. The summed E-state index contributed by atoms with van der Waals surface area (Å²) in [5.41, 5.74) is 8.11. The van der Waals surface area contributed by atoms with Gasteiger partial charge in [-0.3, -0.25) is 0 Å². The molecule has 4 rings (SSSR count). The minimum Gasteiger partial charge on any atom is -0.490 e. The molecule has 0 fully saturated rings. The number of fused-ring (bicyclic) bond motifs is 2. The smallest absolute Gasteiger partial charge is 0.328 e. The van der Waals surface area contributed by atoms with E-state index in [2.05, 4.69) is 47.5 Å². The number of carboxylic acids is 2. The Hall–Kier alpha value is -3.36. The molecule has 0 saturated heterocycles. The average Bonchev–Trinajstić information content (AvgIpc) is 3.05. The van der Waals surface area contributed by atoms with Crippen LogP contribution in [0.25, 0.3) is 11.1 Å². The molecule has 0 saturated carbocycles. The highest BCUT2D eigenvalue weighted by Crippen LogP contribution is 2.45. The van der Waals surface area contributed by atoms with Gasteiger partial charge in [-0.15, -0.1) is 0 Å². The van der Waals surface area contributed by atoms with E-state index in [1.165, 1.54) is 33.5 Å². The van der Waals surface area contributed by atoms with Crippen molar-refractivity contribution >= 4 is 17.6 Å². The second-order valence-electron chi connectivity index (χ2n) is 8.19. The molecule has 8 nitrogen and oxygen atoms in total. The van der Waals surface area contributed by atoms with Gasteiger partial charge >= 0.3 is 11.9 Å². The molecular formula is C26H32N2O6. The monoisotopic (exact) mass is 468 g/mol. The topological polar surface area (TPSA) is 108 Å². The number of carbonyl (C=O) groups is 2. The highest BCUT2D eigenvalue weighted by Gasteiger charge is 2.27. The van der Waals surface area contributed by atoms with Crippen molar-refractivity contribution < 1.29 is 29.3 Å². The Morgan fingerprint density at radius 1 is 1.15 bits per heavy atom. The molecule has 2 heterocycles. The van der Waals surface area contributed by atoms with Crippen LogP contribution in [0.4, 0.5) is 5.69 Å². The van der Waals surface area contributed by atoms with Crippen molar-refractivity contribution in [3.05, 3.63) is 59.2 Å².